The molecule has 0 unspecified atom stereocenters. The molecule has 0 bridgehead atoms. The van der Waals surface area contributed by atoms with Crippen LogP contribution in [0.5, 0.6) is 0 Å². The first-order valence-electron chi connectivity index (χ1n) is 2.33. The molecule has 0 amide bonds. The van der Waals surface area contributed by atoms with Gasteiger partial charge in [0.25, 0.3) is 0 Å². The third-order valence-corrected chi connectivity index (χ3v) is 0.737. The zero-order valence-electron chi connectivity index (χ0n) is 4.52. The van der Waals surface area contributed by atoms with Gasteiger partial charge in [0.15, 0.2) is 0 Å². The minimum Gasteiger partial charge on any atom is -0.548 e. The van der Waals surface area contributed by atoms with E-state index in [9.17, 15) is 9.90 Å². The van der Waals surface area contributed by atoms with Crippen molar-refractivity contribution in [3.63, 3.8) is 0 Å². The van der Waals surface area contributed by atoms with E-state index in [1.54, 1.807) is 0 Å². The van der Waals surface area contributed by atoms with Gasteiger partial charge >= 0.3 is 0 Å². The quantitative estimate of drug-likeness (QED) is 0.460. The second kappa shape index (κ2) is 2.25. The predicted octanol–water partition coefficient (Wildman–Crippen LogP) is -1.97. The molecule has 0 atom stereocenters. The molecule has 0 aliphatic rings. The Hall–Kier alpha value is -1.39. The molecule has 0 aliphatic heterocycles. The minimum atomic E-state index is -1.19. The van der Waals surface area contributed by atoms with E-state index in [0.717, 1.165) is 4.80 Å². The lowest BCUT2D eigenvalue weighted by Crippen LogP contribution is -2.28. The van der Waals surface area contributed by atoms with Gasteiger partial charge in [0, 0.05) is 0 Å². The zero-order chi connectivity index (χ0) is 6.69. The minimum absolute atomic E-state index is 0.285. The van der Waals surface area contributed by atoms with E-state index in [-0.39, 0.29) is 6.54 Å². The highest BCUT2D eigenvalue weighted by Crippen LogP contribution is 1.74. The molecule has 1 heterocycles. The van der Waals surface area contributed by atoms with E-state index in [1.165, 1.54) is 12.4 Å². The summed E-state index contributed by atoms with van der Waals surface area (Å²) >= 11 is 0. The topological polar surface area (TPSA) is 70.8 Å². The normalized spacial score (nSPS) is 9.33. The van der Waals surface area contributed by atoms with Crippen molar-refractivity contribution in [2.45, 2.75) is 6.54 Å². The average Bonchev–Trinajstić information content (AvgIpc) is 2.15. The average molecular weight is 126 g/mol. The lowest BCUT2D eigenvalue weighted by molar-refractivity contribution is -0.306. The molecule has 1 aromatic rings. The fourth-order valence-electron chi connectivity index (χ4n) is 0.440. The summed E-state index contributed by atoms with van der Waals surface area (Å²) in [6.45, 7) is -0.285. The lowest BCUT2D eigenvalue weighted by Gasteiger charge is -1.97. The van der Waals surface area contributed by atoms with E-state index in [0.29, 0.717) is 0 Å². The molecule has 0 fully saturated rings. The van der Waals surface area contributed by atoms with Crippen LogP contribution in [0.3, 0.4) is 0 Å². The van der Waals surface area contributed by atoms with Crippen molar-refractivity contribution >= 4 is 5.97 Å². The Morgan fingerprint density at radius 2 is 2.11 bits per heavy atom. The molecule has 0 aliphatic carbocycles. The van der Waals surface area contributed by atoms with Crippen LogP contribution in [0.4, 0.5) is 0 Å². The molecule has 5 heteroatoms. The summed E-state index contributed by atoms with van der Waals surface area (Å²) in [5.41, 5.74) is 0. The van der Waals surface area contributed by atoms with E-state index >= 15 is 0 Å². The molecule has 0 saturated heterocycles. The molecule has 5 nitrogen and oxygen atoms in total. The van der Waals surface area contributed by atoms with Crippen molar-refractivity contribution in [3.8, 4) is 0 Å². The zero-order valence-corrected chi connectivity index (χ0v) is 4.52. The van der Waals surface area contributed by atoms with Crippen LogP contribution >= 0.6 is 0 Å². The second-order valence-electron chi connectivity index (χ2n) is 1.43. The maximum Gasteiger partial charge on any atom is 0.100 e. The Morgan fingerprint density at radius 1 is 1.56 bits per heavy atom. The molecule has 1 rings (SSSR count). The Morgan fingerprint density at radius 3 is 2.56 bits per heavy atom. The summed E-state index contributed by atoms with van der Waals surface area (Å²) in [4.78, 5) is 10.9. The Bertz CT molecular complexity index is 194. The highest BCUT2D eigenvalue weighted by molar-refractivity contribution is 5.63. The van der Waals surface area contributed by atoms with E-state index in [4.69, 9.17) is 0 Å². The molecular formula is C4H4N3O2-. The molecule has 48 valence electrons. The summed E-state index contributed by atoms with van der Waals surface area (Å²) in [6, 6.07) is 0. The lowest BCUT2D eigenvalue weighted by atomic mass is 10.7. The SMILES string of the molecule is O=C([O-])Cn1nccn1. The fraction of sp³-hybridized carbons (Fsp3) is 0.250. The number of carbonyl (C=O) groups excluding carboxylic acids is 1. The highest BCUT2D eigenvalue weighted by Gasteiger charge is 1.88. The van der Waals surface area contributed by atoms with E-state index in [1.807, 2.05) is 0 Å². The van der Waals surface area contributed by atoms with Crippen LogP contribution in [0.1, 0.15) is 0 Å². The van der Waals surface area contributed by atoms with Gasteiger partial charge in [-0.05, 0) is 0 Å². The number of nitrogens with zero attached hydrogens (tertiary/aromatic N) is 3. The second-order valence-corrected chi connectivity index (χ2v) is 1.43. The molecule has 9 heavy (non-hydrogen) atoms. The third kappa shape index (κ3) is 1.52. The first kappa shape index (κ1) is 5.74. The number of rotatable bonds is 2. The number of carboxylic acids is 1. The van der Waals surface area contributed by atoms with Crippen molar-refractivity contribution in [1.82, 2.24) is 15.0 Å². The van der Waals surface area contributed by atoms with Gasteiger partial charge in [-0.15, -0.1) is 0 Å². The van der Waals surface area contributed by atoms with Gasteiger partial charge < -0.3 is 9.90 Å². The summed E-state index contributed by atoms with van der Waals surface area (Å²) in [5, 5.41) is 16.9. The molecule has 0 saturated carbocycles. The number of hydrogen-bond donors (Lipinski definition) is 0. The largest absolute Gasteiger partial charge is 0.548 e. The van der Waals surface area contributed by atoms with Gasteiger partial charge in [-0.3, -0.25) is 0 Å². The Balaban J connectivity index is 2.58. The van der Waals surface area contributed by atoms with Crippen molar-refractivity contribution in [2.75, 3.05) is 0 Å². The van der Waals surface area contributed by atoms with Crippen LogP contribution in [0, 0.1) is 0 Å². The smallest absolute Gasteiger partial charge is 0.100 e. The summed E-state index contributed by atoms with van der Waals surface area (Å²) < 4.78 is 0. The number of aliphatic carboxylic acids is 1. The van der Waals surface area contributed by atoms with Crippen LogP contribution in [-0.4, -0.2) is 21.0 Å². The first-order chi connectivity index (χ1) is 4.29. The van der Waals surface area contributed by atoms with Crippen LogP contribution < -0.4 is 5.11 Å². The maximum absolute atomic E-state index is 9.85. The fourth-order valence-corrected chi connectivity index (χ4v) is 0.440. The van der Waals surface area contributed by atoms with Crippen LogP contribution in [0.15, 0.2) is 12.4 Å². The maximum atomic E-state index is 9.85. The van der Waals surface area contributed by atoms with Crippen molar-refractivity contribution < 1.29 is 9.90 Å². The number of carboxylic acid groups (broad SMARTS) is 1. The molecule has 0 spiro atoms. The predicted molar refractivity (Wildman–Crippen MR) is 25.0 cm³/mol. The third-order valence-electron chi connectivity index (χ3n) is 0.737. The Labute approximate surface area is 50.9 Å². The van der Waals surface area contributed by atoms with Crippen LogP contribution in [0.25, 0.3) is 0 Å². The monoisotopic (exact) mass is 126 g/mol. The van der Waals surface area contributed by atoms with E-state index < -0.39 is 5.97 Å². The Kier molecular flexibility index (Phi) is 1.44. The number of carbonyl (C=O) groups is 1. The standard InChI is InChI=1S/C4H5N3O2/c8-4(9)3-7-5-1-2-6-7/h1-2H,3H2,(H,8,9)/p-1. The van der Waals surface area contributed by atoms with Crippen LogP contribution in [-0.2, 0) is 11.3 Å². The molecular weight excluding hydrogens is 122 g/mol. The highest BCUT2D eigenvalue weighted by atomic mass is 16.4. The summed E-state index contributed by atoms with van der Waals surface area (Å²) in [7, 11) is 0. The first-order valence-corrected chi connectivity index (χ1v) is 2.33. The van der Waals surface area contributed by atoms with Gasteiger partial charge in [-0.1, -0.05) is 0 Å². The summed E-state index contributed by atoms with van der Waals surface area (Å²) in [5.74, 6) is -1.19. The summed E-state index contributed by atoms with van der Waals surface area (Å²) in [6.07, 6.45) is 2.81. The number of aromatic nitrogens is 3. The van der Waals surface area contributed by atoms with Crippen molar-refractivity contribution in [3.05, 3.63) is 12.4 Å². The van der Waals surface area contributed by atoms with Gasteiger partial charge in [-0.25, -0.2) is 0 Å². The molecule has 0 radical (unpaired) electrons. The van der Waals surface area contributed by atoms with E-state index in [2.05, 4.69) is 10.2 Å². The van der Waals surface area contributed by atoms with Crippen LogP contribution in [0.2, 0.25) is 0 Å². The van der Waals surface area contributed by atoms with Crippen molar-refractivity contribution in [1.29, 1.82) is 0 Å². The van der Waals surface area contributed by atoms with Gasteiger partial charge in [0.1, 0.15) is 6.54 Å². The molecule has 0 aromatic carbocycles. The molecule has 1 aromatic heterocycles. The molecule has 0 N–H and O–H groups in total. The van der Waals surface area contributed by atoms with Gasteiger partial charge in [0.2, 0.25) is 0 Å². The van der Waals surface area contributed by atoms with Crippen molar-refractivity contribution in [2.24, 2.45) is 0 Å². The van der Waals surface area contributed by atoms with Gasteiger partial charge in [0.05, 0.1) is 18.4 Å². The number of hydrogen-bond acceptors (Lipinski definition) is 4. The van der Waals surface area contributed by atoms with Gasteiger partial charge in [-0.2, -0.15) is 15.0 Å².